The zero-order valence-electron chi connectivity index (χ0n) is 20.5. The largest absolute Gasteiger partial charge is 0.480 e. The summed E-state index contributed by atoms with van der Waals surface area (Å²) in [6.45, 7) is 4.42. The van der Waals surface area contributed by atoms with Crippen LogP contribution in [0.4, 0.5) is 0 Å². The van der Waals surface area contributed by atoms with Gasteiger partial charge in [-0.15, -0.1) is 0 Å². The normalized spacial score (nSPS) is 17.9. The van der Waals surface area contributed by atoms with Crippen LogP contribution in [0.25, 0.3) is 16.7 Å². The van der Waals surface area contributed by atoms with E-state index in [0.29, 0.717) is 12.3 Å². The number of nitrogens with zero attached hydrogens (tertiary/aromatic N) is 2. The van der Waals surface area contributed by atoms with Gasteiger partial charge in [0.05, 0.1) is 5.41 Å². The number of fused-ring (bicyclic) bond motifs is 1. The third-order valence-electron chi connectivity index (χ3n) is 7.49. The second-order valence-corrected chi connectivity index (χ2v) is 10.5. The first-order chi connectivity index (χ1) is 16.9. The number of carboxylic acids is 1. The van der Waals surface area contributed by atoms with Crippen LogP contribution in [0.1, 0.15) is 57.2 Å². The van der Waals surface area contributed by atoms with Crippen LogP contribution in [0.15, 0.2) is 60.4 Å². The van der Waals surface area contributed by atoms with Crippen molar-refractivity contribution in [2.45, 2.75) is 64.8 Å². The van der Waals surface area contributed by atoms with E-state index < -0.39 is 17.4 Å². The number of aromatic nitrogens is 2. The molecule has 5 rings (SSSR count). The van der Waals surface area contributed by atoms with Crippen molar-refractivity contribution in [1.82, 2.24) is 14.9 Å². The van der Waals surface area contributed by atoms with Gasteiger partial charge in [0.2, 0.25) is 0 Å². The van der Waals surface area contributed by atoms with Crippen molar-refractivity contribution in [3.05, 3.63) is 71.7 Å². The first-order valence-electron chi connectivity index (χ1n) is 12.7. The maximum atomic E-state index is 12.4. The zero-order valence-corrected chi connectivity index (χ0v) is 20.5. The summed E-state index contributed by atoms with van der Waals surface area (Å²) >= 11 is 0. The highest BCUT2D eigenvalue weighted by Crippen LogP contribution is 2.48. The Hall–Kier alpha value is -3.41. The smallest absolute Gasteiger partial charge is 0.326 e. The molecular formula is C29H33N3O3. The predicted molar refractivity (Wildman–Crippen MR) is 136 cm³/mol. The molecule has 0 bridgehead atoms. The molecule has 0 radical (unpaired) electrons. The number of hydrogen-bond donors (Lipinski definition) is 2. The number of carbonyl (C=O) groups excluding carboxylic acids is 1. The Balaban J connectivity index is 1.37. The minimum absolute atomic E-state index is 0.151. The van der Waals surface area contributed by atoms with Crippen molar-refractivity contribution < 1.29 is 14.7 Å². The molecule has 2 aromatic heterocycles. The SMILES string of the molecule is CC(C)Cc1cc2cccnc2n1-c1ccc(CC(NC2=CC(=O)C23CCCCC3)C(=O)O)cc1. The molecule has 1 unspecified atom stereocenters. The Labute approximate surface area is 206 Å². The number of carbonyl (C=O) groups is 2. The first-order valence-corrected chi connectivity index (χ1v) is 12.7. The minimum atomic E-state index is -0.903. The van der Waals surface area contributed by atoms with Gasteiger partial charge in [0.15, 0.2) is 5.78 Å². The summed E-state index contributed by atoms with van der Waals surface area (Å²) < 4.78 is 2.20. The van der Waals surface area contributed by atoms with Gasteiger partial charge in [-0.1, -0.05) is 45.2 Å². The molecule has 0 saturated heterocycles. The van der Waals surface area contributed by atoms with E-state index in [1.807, 2.05) is 36.5 Å². The third-order valence-corrected chi connectivity index (χ3v) is 7.49. The summed E-state index contributed by atoms with van der Waals surface area (Å²) in [5.74, 6) is -0.238. The van der Waals surface area contributed by atoms with Crippen LogP contribution in [0, 0.1) is 11.3 Å². The molecule has 2 aliphatic carbocycles. The molecule has 0 aliphatic heterocycles. The van der Waals surface area contributed by atoms with Gasteiger partial charge in [0, 0.05) is 41.2 Å². The molecule has 2 aliphatic rings. The van der Waals surface area contributed by atoms with E-state index in [9.17, 15) is 14.7 Å². The molecule has 6 nitrogen and oxygen atoms in total. The number of benzene rings is 1. The average molecular weight is 472 g/mol. The van der Waals surface area contributed by atoms with Crippen molar-refractivity contribution in [3.8, 4) is 5.69 Å². The fourth-order valence-corrected chi connectivity index (χ4v) is 5.66. The Morgan fingerprint density at radius 2 is 1.86 bits per heavy atom. The molecule has 182 valence electrons. The quantitative estimate of drug-likeness (QED) is 0.470. The summed E-state index contributed by atoms with van der Waals surface area (Å²) in [5, 5.41) is 14.2. The number of allylic oxidation sites excluding steroid dienone is 2. The van der Waals surface area contributed by atoms with Gasteiger partial charge in [-0.3, -0.25) is 9.36 Å². The number of ketones is 1. The van der Waals surface area contributed by atoms with Crippen LogP contribution >= 0.6 is 0 Å². The second-order valence-electron chi connectivity index (χ2n) is 10.5. The summed E-state index contributed by atoms with van der Waals surface area (Å²) in [6.07, 6.45) is 9.53. The number of nitrogens with one attached hydrogen (secondary N) is 1. The van der Waals surface area contributed by atoms with E-state index in [1.165, 1.54) is 5.69 Å². The van der Waals surface area contributed by atoms with Crippen LogP contribution in [0.2, 0.25) is 0 Å². The number of rotatable bonds is 8. The summed E-state index contributed by atoms with van der Waals surface area (Å²) in [7, 11) is 0. The van der Waals surface area contributed by atoms with Crippen molar-refractivity contribution >= 4 is 22.8 Å². The summed E-state index contributed by atoms with van der Waals surface area (Å²) in [6, 6.07) is 13.5. The monoisotopic (exact) mass is 471 g/mol. The fraction of sp³-hybridized carbons (Fsp3) is 0.414. The van der Waals surface area contributed by atoms with E-state index in [0.717, 1.165) is 66.5 Å². The highest BCUT2D eigenvalue weighted by Gasteiger charge is 2.49. The lowest BCUT2D eigenvalue weighted by atomic mass is 9.62. The number of carboxylic acid groups (broad SMARTS) is 1. The van der Waals surface area contributed by atoms with Crippen LogP contribution in [-0.4, -0.2) is 32.5 Å². The van der Waals surface area contributed by atoms with Crippen LogP contribution < -0.4 is 5.32 Å². The molecule has 1 aromatic carbocycles. The van der Waals surface area contributed by atoms with Crippen molar-refractivity contribution in [3.63, 3.8) is 0 Å². The maximum absolute atomic E-state index is 12.4. The molecule has 0 amide bonds. The average Bonchev–Trinajstić information content (AvgIpc) is 3.21. The molecule has 2 heterocycles. The lowest BCUT2D eigenvalue weighted by Gasteiger charge is -2.44. The minimum Gasteiger partial charge on any atom is -0.480 e. The van der Waals surface area contributed by atoms with Crippen LogP contribution in [0.5, 0.6) is 0 Å². The molecule has 1 spiro atoms. The fourth-order valence-electron chi connectivity index (χ4n) is 5.66. The molecule has 1 fully saturated rings. The van der Waals surface area contributed by atoms with Gasteiger partial charge < -0.3 is 10.4 Å². The summed E-state index contributed by atoms with van der Waals surface area (Å²) in [4.78, 5) is 29.1. The standard InChI is InChI=1S/C29H33N3O3/c1-19(2)15-23-17-21-7-6-14-30-27(21)32(23)22-10-8-20(9-11-22)16-24(28(34)35)31-25-18-26(33)29(25)12-4-3-5-13-29/h6-11,14,17-19,24,31H,3-5,12-13,15-16H2,1-2H3,(H,34,35). The lowest BCUT2D eigenvalue weighted by molar-refractivity contribution is -0.140. The highest BCUT2D eigenvalue weighted by molar-refractivity contribution is 6.05. The molecule has 6 heteroatoms. The van der Waals surface area contributed by atoms with Gasteiger partial charge in [-0.05, 0) is 61.1 Å². The van der Waals surface area contributed by atoms with Gasteiger partial charge >= 0.3 is 5.97 Å². The molecule has 1 saturated carbocycles. The highest BCUT2D eigenvalue weighted by atomic mass is 16.4. The Kier molecular flexibility index (Phi) is 6.22. The first kappa shape index (κ1) is 23.3. The van der Waals surface area contributed by atoms with Crippen molar-refractivity contribution in [1.29, 1.82) is 0 Å². The Morgan fingerprint density at radius 3 is 2.51 bits per heavy atom. The number of pyridine rings is 1. The van der Waals surface area contributed by atoms with Crippen molar-refractivity contribution in [2.75, 3.05) is 0 Å². The van der Waals surface area contributed by atoms with Gasteiger partial charge in [-0.25, -0.2) is 9.78 Å². The van der Waals surface area contributed by atoms with Gasteiger partial charge in [0.25, 0.3) is 0 Å². The van der Waals surface area contributed by atoms with Crippen LogP contribution in [0.3, 0.4) is 0 Å². The Morgan fingerprint density at radius 1 is 1.11 bits per heavy atom. The van der Waals surface area contributed by atoms with E-state index in [-0.39, 0.29) is 5.78 Å². The van der Waals surface area contributed by atoms with Crippen LogP contribution in [-0.2, 0) is 22.4 Å². The zero-order chi connectivity index (χ0) is 24.6. The van der Waals surface area contributed by atoms with Crippen molar-refractivity contribution in [2.24, 2.45) is 11.3 Å². The molecule has 2 N–H and O–H groups in total. The van der Waals surface area contributed by atoms with Gasteiger partial charge in [0.1, 0.15) is 11.7 Å². The maximum Gasteiger partial charge on any atom is 0.326 e. The Bertz CT molecular complexity index is 1280. The lowest BCUT2D eigenvalue weighted by Crippen LogP contribution is -2.51. The molecular weight excluding hydrogens is 438 g/mol. The molecule has 1 atom stereocenters. The number of hydrogen-bond acceptors (Lipinski definition) is 4. The van der Waals surface area contributed by atoms with E-state index in [2.05, 4.69) is 40.8 Å². The predicted octanol–water partition coefficient (Wildman–Crippen LogP) is 5.23. The molecule has 35 heavy (non-hydrogen) atoms. The third kappa shape index (κ3) is 4.38. The second kappa shape index (κ2) is 9.33. The number of aliphatic carboxylic acids is 1. The van der Waals surface area contributed by atoms with Gasteiger partial charge in [-0.2, -0.15) is 0 Å². The van der Waals surface area contributed by atoms with E-state index in [4.69, 9.17) is 0 Å². The topological polar surface area (TPSA) is 84.2 Å². The molecule has 3 aromatic rings. The van der Waals surface area contributed by atoms with E-state index >= 15 is 0 Å². The van der Waals surface area contributed by atoms with E-state index in [1.54, 1.807) is 6.08 Å². The summed E-state index contributed by atoms with van der Waals surface area (Å²) in [5.41, 5.74) is 4.45.